The summed E-state index contributed by atoms with van der Waals surface area (Å²) in [7, 11) is 0. The Morgan fingerprint density at radius 1 is 1.57 bits per heavy atom. The number of hydrogen-bond donors (Lipinski definition) is 1. The Labute approximate surface area is 124 Å². The van der Waals surface area contributed by atoms with Crippen molar-refractivity contribution in [3.8, 4) is 0 Å². The highest BCUT2D eigenvalue weighted by Crippen LogP contribution is 2.23. The summed E-state index contributed by atoms with van der Waals surface area (Å²) in [6, 6.07) is 1.63. The molecule has 0 aliphatic carbocycles. The largest absolute Gasteiger partial charge is 0.467 e. The molecule has 6 nitrogen and oxygen atoms in total. The number of esters is 1. The molecule has 0 aromatic carbocycles. The first kappa shape index (κ1) is 16.0. The van der Waals surface area contributed by atoms with Crippen molar-refractivity contribution in [2.24, 2.45) is 0 Å². The van der Waals surface area contributed by atoms with Crippen LogP contribution in [0.25, 0.3) is 0 Å². The van der Waals surface area contributed by atoms with E-state index in [1.807, 2.05) is 13.8 Å². The minimum Gasteiger partial charge on any atom is -0.467 e. The summed E-state index contributed by atoms with van der Waals surface area (Å²) in [4.78, 5) is 14.0. The lowest BCUT2D eigenvalue weighted by Crippen LogP contribution is -2.53. The van der Waals surface area contributed by atoms with E-state index < -0.39 is 0 Å². The third-order valence-electron chi connectivity index (χ3n) is 3.36. The van der Waals surface area contributed by atoms with Crippen LogP contribution < -0.4 is 0 Å². The van der Waals surface area contributed by atoms with Crippen molar-refractivity contribution in [2.75, 3.05) is 26.3 Å². The summed E-state index contributed by atoms with van der Waals surface area (Å²) < 4.78 is 16.2. The van der Waals surface area contributed by atoms with E-state index in [1.54, 1.807) is 13.0 Å². The number of aliphatic hydroxyl groups excluding tert-OH is 1. The lowest BCUT2D eigenvalue weighted by atomic mass is 10.0. The molecule has 0 saturated carbocycles. The summed E-state index contributed by atoms with van der Waals surface area (Å²) in [5.41, 5.74) is 0.115. The Bertz CT molecular complexity index is 482. The highest BCUT2D eigenvalue weighted by Gasteiger charge is 2.34. The van der Waals surface area contributed by atoms with Crippen molar-refractivity contribution in [1.29, 1.82) is 0 Å². The number of rotatable bonds is 5. The maximum Gasteiger partial charge on any atom is 0.341 e. The average Bonchev–Trinajstić information content (AvgIpc) is 2.85. The molecule has 2 heterocycles. The van der Waals surface area contributed by atoms with E-state index in [0.29, 0.717) is 37.6 Å². The van der Waals surface area contributed by atoms with E-state index in [4.69, 9.17) is 13.9 Å². The molecule has 0 bridgehead atoms. The summed E-state index contributed by atoms with van der Waals surface area (Å²) in [6.45, 7) is 7.84. The fraction of sp³-hybridized carbons (Fsp3) is 0.667. The minimum atomic E-state index is -0.368. The second-order valence-corrected chi connectivity index (χ2v) is 5.83. The van der Waals surface area contributed by atoms with Gasteiger partial charge in [0.1, 0.15) is 11.3 Å². The van der Waals surface area contributed by atoms with E-state index >= 15 is 0 Å². The maximum absolute atomic E-state index is 11.9. The molecular formula is C15H23NO5. The zero-order chi connectivity index (χ0) is 15.5. The monoisotopic (exact) mass is 297 g/mol. The number of furan rings is 1. The van der Waals surface area contributed by atoms with Crippen LogP contribution in [0, 0.1) is 0 Å². The fourth-order valence-electron chi connectivity index (χ4n) is 2.69. The van der Waals surface area contributed by atoms with Crippen molar-refractivity contribution in [3.63, 3.8) is 0 Å². The van der Waals surface area contributed by atoms with Crippen molar-refractivity contribution >= 4 is 5.97 Å². The molecule has 0 amide bonds. The van der Waals surface area contributed by atoms with Crippen molar-refractivity contribution in [2.45, 2.75) is 39.0 Å². The molecule has 1 saturated heterocycles. The van der Waals surface area contributed by atoms with E-state index in [-0.39, 0.29) is 24.3 Å². The summed E-state index contributed by atoms with van der Waals surface area (Å²) in [6.07, 6.45) is 1.27. The van der Waals surface area contributed by atoms with Crippen LogP contribution >= 0.6 is 0 Å². The third kappa shape index (κ3) is 4.06. The molecule has 1 unspecified atom stereocenters. The number of hydrogen-bond acceptors (Lipinski definition) is 6. The number of ether oxygens (including phenoxy) is 2. The molecule has 21 heavy (non-hydrogen) atoms. The number of carbonyl (C=O) groups is 1. The van der Waals surface area contributed by atoms with Crippen LogP contribution in [0.4, 0.5) is 0 Å². The first-order chi connectivity index (χ1) is 9.95. The van der Waals surface area contributed by atoms with Gasteiger partial charge in [0.25, 0.3) is 0 Å². The highest BCUT2D eigenvalue weighted by atomic mass is 16.5. The van der Waals surface area contributed by atoms with Gasteiger partial charge in [-0.1, -0.05) is 0 Å². The second-order valence-electron chi connectivity index (χ2n) is 5.83. The highest BCUT2D eigenvalue weighted by molar-refractivity contribution is 5.90. The van der Waals surface area contributed by atoms with E-state index in [1.165, 1.54) is 6.26 Å². The lowest BCUT2D eigenvalue weighted by Gasteiger charge is -2.42. The molecule has 0 radical (unpaired) electrons. The molecule has 1 aromatic heterocycles. The quantitative estimate of drug-likeness (QED) is 0.829. The molecule has 118 valence electrons. The van der Waals surface area contributed by atoms with Crippen LogP contribution in [-0.2, 0) is 16.0 Å². The first-order valence-electron chi connectivity index (χ1n) is 7.19. The zero-order valence-electron chi connectivity index (χ0n) is 12.8. The number of aliphatic hydroxyl groups is 1. The molecule has 2 rings (SSSR count). The molecular weight excluding hydrogens is 274 g/mol. The summed E-state index contributed by atoms with van der Waals surface area (Å²) in [5.74, 6) is 0.218. The van der Waals surface area contributed by atoms with Crippen LogP contribution in [0.5, 0.6) is 0 Å². The van der Waals surface area contributed by atoms with Crippen molar-refractivity contribution in [3.05, 3.63) is 23.7 Å². The zero-order valence-corrected chi connectivity index (χ0v) is 12.8. The standard InChI is InChI=1S/C15H23NO5/c1-4-19-14(18)12-5-6-20-13(12)8-16-7-11(9-17)21-15(2,3)10-16/h5-6,11,17H,4,7-10H2,1-3H3. The maximum atomic E-state index is 11.9. The van der Waals surface area contributed by atoms with Gasteiger partial charge in [0.05, 0.1) is 37.7 Å². The van der Waals surface area contributed by atoms with Gasteiger partial charge in [-0.2, -0.15) is 0 Å². The van der Waals surface area contributed by atoms with Gasteiger partial charge in [-0.15, -0.1) is 0 Å². The normalized spacial score (nSPS) is 22.2. The number of morpholine rings is 1. The summed E-state index contributed by atoms with van der Waals surface area (Å²) >= 11 is 0. The van der Waals surface area contributed by atoms with E-state index in [2.05, 4.69) is 4.90 Å². The molecule has 6 heteroatoms. The van der Waals surface area contributed by atoms with Crippen LogP contribution in [0.1, 0.15) is 36.9 Å². The predicted molar refractivity (Wildman–Crippen MR) is 76.0 cm³/mol. The van der Waals surface area contributed by atoms with Crippen molar-refractivity contribution in [1.82, 2.24) is 4.90 Å². The number of nitrogens with zero attached hydrogens (tertiary/aromatic N) is 1. The van der Waals surface area contributed by atoms with Gasteiger partial charge < -0.3 is 19.0 Å². The lowest BCUT2D eigenvalue weighted by molar-refractivity contribution is -0.151. The van der Waals surface area contributed by atoms with Crippen LogP contribution in [0.2, 0.25) is 0 Å². The first-order valence-corrected chi connectivity index (χ1v) is 7.19. The molecule has 1 atom stereocenters. The SMILES string of the molecule is CCOC(=O)c1ccoc1CN1CC(CO)OC(C)(C)C1. The van der Waals surface area contributed by atoms with Gasteiger partial charge >= 0.3 is 5.97 Å². The predicted octanol–water partition coefficient (Wildman–Crippen LogP) is 1.43. The molecule has 1 aliphatic rings. The molecule has 1 aliphatic heterocycles. The van der Waals surface area contributed by atoms with Gasteiger partial charge in [-0.05, 0) is 26.8 Å². The molecule has 0 spiro atoms. The Morgan fingerprint density at radius 2 is 2.33 bits per heavy atom. The van der Waals surface area contributed by atoms with Crippen LogP contribution in [0.15, 0.2) is 16.7 Å². The minimum absolute atomic E-state index is 0.0250. The number of carbonyl (C=O) groups excluding carboxylic acids is 1. The topological polar surface area (TPSA) is 72.1 Å². The average molecular weight is 297 g/mol. The van der Waals surface area contributed by atoms with E-state index in [0.717, 1.165) is 0 Å². The smallest absolute Gasteiger partial charge is 0.341 e. The van der Waals surface area contributed by atoms with Crippen LogP contribution in [-0.4, -0.2) is 54.0 Å². The van der Waals surface area contributed by atoms with Crippen LogP contribution in [0.3, 0.4) is 0 Å². The van der Waals surface area contributed by atoms with Gasteiger partial charge in [-0.3, -0.25) is 4.90 Å². The molecule has 1 N–H and O–H groups in total. The Balaban J connectivity index is 2.07. The third-order valence-corrected chi connectivity index (χ3v) is 3.36. The fourth-order valence-corrected chi connectivity index (χ4v) is 2.69. The molecule has 1 aromatic rings. The van der Waals surface area contributed by atoms with Crippen molar-refractivity contribution < 1.29 is 23.8 Å². The van der Waals surface area contributed by atoms with Gasteiger partial charge in [0.15, 0.2) is 0 Å². The van der Waals surface area contributed by atoms with E-state index in [9.17, 15) is 9.90 Å². The Hall–Kier alpha value is -1.37. The summed E-state index contributed by atoms with van der Waals surface area (Å²) in [5, 5.41) is 9.33. The molecule has 1 fully saturated rings. The van der Waals surface area contributed by atoms with Gasteiger partial charge in [-0.25, -0.2) is 4.79 Å². The Kier molecular flexibility index (Phi) is 5.03. The van der Waals surface area contributed by atoms with Gasteiger partial charge in [0.2, 0.25) is 0 Å². The van der Waals surface area contributed by atoms with Gasteiger partial charge in [0, 0.05) is 13.1 Å². The second kappa shape index (κ2) is 6.60. The Morgan fingerprint density at radius 3 is 3.00 bits per heavy atom.